The zero-order valence-corrected chi connectivity index (χ0v) is 21.5. The van der Waals surface area contributed by atoms with Gasteiger partial charge in [-0.1, -0.05) is 6.07 Å². The summed E-state index contributed by atoms with van der Waals surface area (Å²) in [6, 6.07) is 11.7. The van der Waals surface area contributed by atoms with Gasteiger partial charge in [0.25, 0.3) is 6.01 Å². The standard InChI is InChI=1S/C28H27FN4O6/c1-37-18-7-8-31(12-18)23-6-3-16(9-21(23)29)24-11-25(34)20(27(35)36)15-33(24)17-4-5-22-26(10-17)39-28(30-22)32-13-19(14-32)38-2/h3-6,9-11,15,18-19H,7-8,12-14H2,1-2H3,(H,35,36). The lowest BCUT2D eigenvalue weighted by atomic mass is 10.1. The number of ether oxygens (including phenoxy) is 2. The van der Waals surface area contributed by atoms with Crippen molar-refractivity contribution in [2.24, 2.45) is 0 Å². The smallest absolute Gasteiger partial charge is 0.341 e. The van der Waals surface area contributed by atoms with Crippen LogP contribution in [-0.2, 0) is 9.47 Å². The lowest BCUT2D eigenvalue weighted by Gasteiger charge is -2.36. The minimum Gasteiger partial charge on any atom is -0.477 e. The van der Waals surface area contributed by atoms with E-state index < -0.39 is 22.8 Å². The molecule has 1 atom stereocenters. The summed E-state index contributed by atoms with van der Waals surface area (Å²) in [4.78, 5) is 32.9. The lowest BCUT2D eigenvalue weighted by Crippen LogP contribution is -2.52. The number of fused-ring (bicyclic) bond motifs is 1. The summed E-state index contributed by atoms with van der Waals surface area (Å²) in [5, 5.41) is 9.62. The Morgan fingerprint density at radius 1 is 1.05 bits per heavy atom. The largest absolute Gasteiger partial charge is 0.477 e. The molecule has 4 aromatic rings. The molecule has 2 fully saturated rings. The fraction of sp³-hybridized carbons (Fsp3) is 0.321. The number of pyridine rings is 1. The molecule has 0 spiro atoms. The van der Waals surface area contributed by atoms with Gasteiger partial charge in [-0.2, -0.15) is 4.98 Å². The Morgan fingerprint density at radius 2 is 1.82 bits per heavy atom. The number of anilines is 2. The van der Waals surface area contributed by atoms with Crippen LogP contribution in [0.1, 0.15) is 16.8 Å². The molecule has 202 valence electrons. The zero-order chi connectivity index (χ0) is 27.3. The summed E-state index contributed by atoms with van der Waals surface area (Å²) >= 11 is 0. The molecule has 2 aliphatic heterocycles. The summed E-state index contributed by atoms with van der Waals surface area (Å²) in [6.07, 6.45) is 2.25. The number of benzene rings is 2. The van der Waals surface area contributed by atoms with Crippen molar-refractivity contribution < 1.29 is 28.2 Å². The number of carboxylic acids is 1. The minimum atomic E-state index is -1.35. The van der Waals surface area contributed by atoms with E-state index in [2.05, 4.69) is 4.98 Å². The number of aromatic carboxylic acids is 1. The molecule has 0 bridgehead atoms. The Hall–Kier alpha value is -4.22. The Balaban J connectivity index is 1.40. The Morgan fingerprint density at radius 3 is 2.51 bits per heavy atom. The van der Waals surface area contributed by atoms with Gasteiger partial charge in [-0.05, 0) is 30.7 Å². The first-order chi connectivity index (χ1) is 18.8. The summed E-state index contributed by atoms with van der Waals surface area (Å²) in [5.41, 5.74) is 1.81. The monoisotopic (exact) mass is 534 g/mol. The number of aromatic nitrogens is 2. The Kier molecular flexibility index (Phi) is 6.32. The second-order valence-corrected chi connectivity index (χ2v) is 9.78. The Labute approximate surface area is 222 Å². The second-order valence-electron chi connectivity index (χ2n) is 9.78. The van der Waals surface area contributed by atoms with Crippen molar-refractivity contribution in [3.05, 3.63) is 70.3 Å². The molecule has 1 unspecified atom stereocenters. The number of hydrogen-bond acceptors (Lipinski definition) is 8. The molecule has 0 aliphatic carbocycles. The van der Waals surface area contributed by atoms with Crippen molar-refractivity contribution in [3.8, 4) is 16.9 Å². The number of halogens is 1. The highest BCUT2D eigenvalue weighted by Gasteiger charge is 2.30. The van der Waals surface area contributed by atoms with Gasteiger partial charge in [0.05, 0.1) is 36.7 Å². The van der Waals surface area contributed by atoms with Gasteiger partial charge in [-0.3, -0.25) is 4.79 Å². The molecule has 2 aliphatic rings. The Bertz CT molecular complexity index is 1630. The van der Waals surface area contributed by atoms with Crippen LogP contribution in [0.5, 0.6) is 0 Å². The number of nitrogens with zero attached hydrogens (tertiary/aromatic N) is 4. The fourth-order valence-corrected chi connectivity index (χ4v) is 5.12. The van der Waals surface area contributed by atoms with E-state index in [0.717, 1.165) is 6.42 Å². The van der Waals surface area contributed by atoms with Gasteiger partial charge in [0, 0.05) is 56.9 Å². The van der Waals surface area contributed by atoms with Gasteiger partial charge < -0.3 is 33.4 Å². The van der Waals surface area contributed by atoms with Crippen molar-refractivity contribution in [1.82, 2.24) is 9.55 Å². The van der Waals surface area contributed by atoms with Gasteiger partial charge in [-0.15, -0.1) is 0 Å². The van der Waals surface area contributed by atoms with E-state index in [-0.39, 0.29) is 12.2 Å². The average molecular weight is 535 g/mol. The molecule has 39 heavy (non-hydrogen) atoms. The zero-order valence-electron chi connectivity index (χ0n) is 21.5. The molecule has 1 N–H and O–H groups in total. The molecule has 4 heterocycles. The molecular formula is C28H27FN4O6. The van der Waals surface area contributed by atoms with Crippen LogP contribution in [0.2, 0.25) is 0 Å². The maximum atomic E-state index is 15.3. The van der Waals surface area contributed by atoms with Crippen LogP contribution in [0.15, 0.2) is 57.9 Å². The molecule has 10 nitrogen and oxygen atoms in total. The van der Waals surface area contributed by atoms with Crippen molar-refractivity contribution >= 4 is 28.8 Å². The molecule has 6 rings (SSSR count). The maximum absolute atomic E-state index is 15.3. The topological polar surface area (TPSA) is 110 Å². The molecule has 0 amide bonds. The van der Waals surface area contributed by atoms with Crippen molar-refractivity contribution in [1.29, 1.82) is 0 Å². The van der Waals surface area contributed by atoms with Crippen molar-refractivity contribution in [3.63, 3.8) is 0 Å². The van der Waals surface area contributed by atoms with Crippen LogP contribution in [0.4, 0.5) is 16.1 Å². The summed E-state index contributed by atoms with van der Waals surface area (Å²) < 4.78 is 33.6. The lowest BCUT2D eigenvalue weighted by molar-refractivity contribution is 0.0694. The molecule has 0 radical (unpaired) electrons. The van der Waals surface area contributed by atoms with Crippen LogP contribution >= 0.6 is 0 Å². The quantitative estimate of drug-likeness (QED) is 0.381. The highest BCUT2D eigenvalue weighted by molar-refractivity contribution is 5.88. The molecule has 11 heteroatoms. The molecule has 0 saturated carbocycles. The third-order valence-electron chi connectivity index (χ3n) is 7.43. The molecular weight excluding hydrogens is 507 g/mol. The van der Waals surface area contributed by atoms with Crippen LogP contribution in [-0.4, -0.2) is 73.2 Å². The third-order valence-corrected chi connectivity index (χ3v) is 7.43. The summed E-state index contributed by atoms with van der Waals surface area (Å²) in [6.45, 7) is 2.61. The minimum absolute atomic E-state index is 0.0480. The summed E-state index contributed by atoms with van der Waals surface area (Å²) in [7, 11) is 3.31. The number of hydrogen-bond donors (Lipinski definition) is 1. The van der Waals surface area contributed by atoms with Crippen LogP contribution in [0, 0.1) is 5.82 Å². The maximum Gasteiger partial charge on any atom is 0.341 e. The molecule has 2 aromatic heterocycles. The van der Waals surface area contributed by atoms with E-state index in [1.54, 1.807) is 49.1 Å². The van der Waals surface area contributed by atoms with E-state index in [0.29, 0.717) is 65.9 Å². The van der Waals surface area contributed by atoms with Gasteiger partial charge in [-0.25, -0.2) is 9.18 Å². The number of oxazole rings is 1. The van der Waals surface area contributed by atoms with E-state index >= 15 is 4.39 Å². The number of methoxy groups -OCH3 is 2. The third kappa shape index (κ3) is 4.53. The average Bonchev–Trinajstić information content (AvgIpc) is 3.54. The predicted octanol–water partition coefficient (Wildman–Crippen LogP) is 3.54. The fourth-order valence-electron chi connectivity index (χ4n) is 5.12. The van der Waals surface area contributed by atoms with Crippen LogP contribution in [0.3, 0.4) is 0 Å². The van der Waals surface area contributed by atoms with Gasteiger partial charge in [0.2, 0.25) is 0 Å². The summed E-state index contributed by atoms with van der Waals surface area (Å²) in [5.74, 6) is -1.79. The predicted molar refractivity (Wildman–Crippen MR) is 143 cm³/mol. The first kappa shape index (κ1) is 25.1. The molecule has 2 saturated heterocycles. The van der Waals surface area contributed by atoms with Gasteiger partial charge in [0.1, 0.15) is 16.9 Å². The van der Waals surface area contributed by atoms with Crippen LogP contribution < -0.4 is 15.2 Å². The van der Waals surface area contributed by atoms with E-state index in [9.17, 15) is 14.7 Å². The first-order valence-corrected chi connectivity index (χ1v) is 12.6. The van der Waals surface area contributed by atoms with Gasteiger partial charge in [0.15, 0.2) is 11.0 Å². The van der Waals surface area contributed by atoms with Crippen LogP contribution in [0.25, 0.3) is 28.0 Å². The number of rotatable bonds is 7. The normalized spacial score (nSPS) is 17.7. The first-order valence-electron chi connectivity index (χ1n) is 12.6. The van der Waals surface area contributed by atoms with Gasteiger partial charge >= 0.3 is 5.97 Å². The second kappa shape index (κ2) is 9.83. The number of carbonyl (C=O) groups is 1. The van der Waals surface area contributed by atoms with E-state index in [1.807, 2.05) is 9.80 Å². The van der Waals surface area contributed by atoms with E-state index in [4.69, 9.17) is 13.9 Å². The molecule has 2 aromatic carbocycles. The van der Waals surface area contributed by atoms with E-state index in [1.165, 1.54) is 18.3 Å². The highest BCUT2D eigenvalue weighted by atomic mass is 19.1. The SMILES string of the molecule is COC1CN(c2nc3ccc(-n4cc(C(=O)O)c(=O)cc4-c4ccc(N5CCC(OC)C5)c(F)c4)cc3o2)C1. The number of carboxylic acid groups (broad SMARTS) is 1. The van der Waals surface area contributed by atoms with Crippen molar-refractivity contribution in [2.75, 3.05) is 50.2 Å². The highest BCUT2D eigenvalue weighted by Crippen LogP contribution is 2.32. The van der Waals surface area contributed by atoms with Crippen molar-refractivity contribution in [2.45, 2.75) is 18.6 Å².